The second kappa shape index (κ2) is 12.1. The number of aryl methyl sites for hydroxylation is 1. The number of nitrogens with one attached hydrogen (secondary N) is 1. The summed E-state index contributed by atoms with van der Waals surface area (Å²) < 4.78 is 7.48. The summed E-state index contributed by atoms with van der Waals surface area (Å²) in [4.78, 5) is 9.62. The summed E-state index contributed by atoms with van der Waals surface area (Å²) in [5.74, 6) is 2.28. The molecule has 166 valence electrons. The molecule has 1 aromatic rings. The van der Waals surface area contributed by atoms with E-state index in [2.05, 4.69) is 45.3 Å². The molecule has 0 amide bonds. The number of morpholine rings is 1. The minimum atomic E-state index is 0. The van der Waals surface area contributed by atoms with Gasteiger partial charge in [0.05, 0.1) is 19.4 Å². The molecule has 2 saturated heterocycles. The third-order valence-electron chi connectivity index (χ3n) is 6.47. The molecule has 0 radical (unpaired) electrons. The SMILES string of the molecule is CCC(CC)C(CNC(=NC)N1CCC(c2cnn(C)c2)C1)N1CCOCC1.I. The fourth-order valence-corrected chi connectivity index (χ4v) is 4.74. The van der Waals surface area contributed by atoms with Crippen LogP contribution in [0.5, 0.6) is 0 Å². The summed E-state index contributed by atoms with van der Waals surface area (Å²) in [5, 5.41) is 8.04. The number of hydrogen-bond acceptors (Lipinski definition) is 4. The van der Waals surface area contributed by atoms with Crippen LogP contribution in [0.25, 0.3) is 0 Å². The van der Waals surface area contributed by atoms with Gasteiger partial charge in [0.2, 0.25) is 0 Å². The highest BCUT2D eigenvalue weighted by Crippen LogP contribution is 2.27. The van der Waals surface area contributed by atoms with Gasteiger partial charge in [-0.3, -0.25) is 14.6 Å². The standard InChI is InChI=1S/C21H38N6O.HI/c1-5-17(6-2)20(26-9-11-28-12-10-26)14-23-21(22-3)27-8-7-18(16-27)19-13-24-25(4)15-19;/h13,15,17-18,20H,5-12,14,16H2,1-4H3,(H,22,23);1H. The molecule has 1 N–H and O–H groups in total. The van der Waals surface area contributed by atoms with Gasteiger partial charge in [0.1, 0.15) is 0 Å². The smallest absolute Gasteiger partial charge is 0.193 e. The first-order valence-electron chi connectivity index (χ1n) is 10.9. The summed E-state index contributed by atoms with van der Waals surface area (Å²) in [6.07, 6.45) is 7.74. The molecule has 2 aliphatic rings. The van der Waals surface area contributed by atoms with Gasteiger partial charge in [-0.25, -0.2) is 0 Å². The minimum absolute atomic E-state index is 0. The molecule has 7 nitrogen and oxygen atoms in total. The zero-order valence-electron chi connectivity index (χ0n) is 18.5. The Morgan fingerprint density at radius 1 is 1.28 bits per heavy atom. The zero-order valence-corrected chi connectivity index (χ0v) is 20.8. The Balaban J connectivity index is 0.00000300. The number of ether oxygens (including phenoxy) is 1. The van der Waals surface area contributed by atoms with Crippen molar-refractivity contribution in [2.45, 2.75) is 45.1 Å². The average molecular weight is 518 g/mol. The molecule has 2 unspecified atom stereocenters. The van der Waals surface area contributed by atoms with Crippen LogP contribution in [0.1, 0.15) is 44.6 Å². The van der Waals surface area contributed by atoms with E-state index in [1.54, 1.807) is 0 Å². The molecule has 0 saturated carbocycles. The Bertz CT molecular complexity index is 626. The number of hydrogen-bond donors (Lipinski definition) is 1. The van der Waals surface area contributed by atoms with E-state index in [0.29, 0.717) is 17.9 Å². The van der Waals surface area contributed by atoms with E-state index in [1.165, 1.54) is 18.4 Å². The third kappa shape index (κ3) is 6.30. The van der Waals surface area contributed by atoms with Gasteiger partial charge < -0.3 is 15.0 Å². The minimum Gasteiger partial charge on any atom is -0.379 e. The highest BCUT2D eigenvalue weighted by Gasteiger charge is 2.30. The lowest BCUT2D eigenvalue weighted by molar-refractivity contribution is 0.00261. The molecule has 3 rings (SSSR count). The summed E-state index contributed by atoms with van der Waals surface area (Å²) >= 11 is 0. The molecule has 0 aliphatic carbocycles. The number of aromatic nitrogens is 2. The van der Waals surface area contributed by atoms with Crippen molar-refractivity contribution in [1.82, 2.24) is 24.9 Å². The molecule has 2 fully saturated rings. The van der Waals surface area contributed by atoms with Crippen LogP contribution < -0.4 is 5.32 Å². The largest absolute Gasteiger partial charge is 0.379 e. The first-order valence-corrected chi connectivity index (χ1v) is 10.9. The Hall–Kier alpha value is -0.870. The lowest BCUT2D eigenvalue weighted by Gasteiger charge is -2.39. The second-order valence-electron chi connectivity index (χ2n) is 8.10. The fraction of sp³-hybridized carbons (Fsp3) is 0.810. The van der Waals surface area contributed by atoms with Gasteiger partial charge in [0.15, 0.2) is 5.96 Å². The highest BCUT2D eigenvalue weighted by molar-refractivity contribution is 14.0. The number of rotatable bonds is 7. The first-order chi connectivity index (χ1) is 13.7. The van der Waals surface area contributed by atoms with E-state index in [4.69, 9.17) is 4.74 Å². The van der Waals surface area contributed by atoms with Gasteiger partial charge in [0.25, 0.3) is 0 Å². The van der Waals surface area contributed by atoms with Crippen LogP contribution in [-0.2, 0) is 11.8 Å². The Morgan fingerprint density at radius 2 is 2.00 bits per heavy atom. The van der Waals surface area contributed by atoms with Gasteiger partial charge in [0, 0.05) is 65.0 Å². The van der Waals surface area contributed by atoms with E-state index in [9.17, 15) is 0 Å². The highest BCUT2D eigenvalue weighted by atomic mass is 127. The predicted octanol–water partition coefficient (Wildman–Crippen LogP) is 2.54. The zero-order chi connectivity index (χ0) is 19.9. The van der Waals surface area contributed by atoms with E-state index < -0.39 is 0 Å². The van der Waals surface area contributed by atoms with Crippen LogP contribution in [0.2, 0.25) is 0 Å². The Morgan fingerprint density at radius 3 is 2.59 bits per heavy atom. The van der Waals surface area contributed by atoms with Gasteiger partial charge >= 0.3 is 0 Å². The maximum Gasteiger partial charge on any atom is 0.193 e. The second-order valence-corrected chi connectivity index (χ2v) is 8.10. The normalized spacial score (nSPS) is 22.0. The molecule has 8 heteroatoms. The predicted molar refractivity (Wildman–Crippen MR) is 129 cm³/mol. The van der Waals surface area contributed by atoms with E-state index in [1.807, 2.05) is 25.0 Å². The summed E-state index contributed by atoms with van der Waals surface area (Å²) in [7, 11) is 3.89. The Labute approximate surface area is 193 Å². The van der Waals surface area contributed by atoms with Crippen molar-refractivity contribution < 1.29 is 4.74 Å². The van der Waals surface area contributed by atoms with Crippen molar-refractivity contribution in [2.24, 2.45) is 18.0 Å². The number of halogens is 1. The van der Waals surface area contributed by atoms with Gasteiger partial charge in [-0.15, -0.1) is 24.0 Å². The van der Waals surface area contributed by atoms with Crippen LogP contribution in [-0.4, -0.2) is 84.6 Å². The number of guanidine groups is 1. The van der Waals surface area contributed by atoms with Crippen LogP contribution in [0, 0.1) is 5.92 Å². The summed E-state index contributed by atoms with van der Waals surface area (Å²) in [6.45, 7) is 11.4. The molecular formula is C21H39IN6O. The molecule has 0 bridgehead atoms. The van der Waals surface area contributed by atoms with Crippen molar-refractivity contribution in [3.05, 3.63) is 18.0 Å². The molecule has 2 atom stereocenters. The van der Waals surface area contributed by atoms with E-state index in [0.717, 1.165) is 58.3 Å². The van der Waals surface area contributed by atoms with Crippen LogP contribution >= 0.6 is 24.0 Å². The molecule has 0 spiro atoms. The maximum absolute atomic E-state index is 5.58. The van der Waals surface area contributed by atoms with Gasteiger partial charge in [-0.1, -0.05) is 26.7 Å². The third-order valence-corrected chi connectivity index (χ3v) is 6.47. The number of aliphatic imine (C=N–C) groups is 1. The fourth-order valence-electron chi connectivity index (χ4n) is 4.74. The summed E-state index contributed by atoms with van der Waals surface area (Å²) in [5.41, 5.74) is 1.34. The van der Waals surface area contributed by atoms with Crippen molar-refractivity contribution in [3.8, 4) is 0 Å². The number of likely N-dealkylation sites (tertiary alicyclic amines) is 1. The van der Waals surface area contributed by atoms with E-state index in [-0.39, 0.29) is 24.0 Å². The van der Waals surface area contributed by atoms with Crippen molar-refractivity contribution in [3.63, 3.8) is 0 Å². The van der Waals surface area contributed by atoms with Crippen LogP contribution in [0.4, 0.5) is 0 Å². The molecule has 0 aromatic carbocycles. The first kappa shape index (κ1) is 24.4. The van der Waals surface area contributed by atoms with Crippen molar-refractivity contribution >= 4 is 29.9 Å². The molecule has 3 heterocycles. The lowest BCUT2D eigenvalue weighted by Crippen LogP contribution is -2.53. The summed E-state index contributed by atoms with van der Waals surface area (Å²) in [6, 6.07) is 0.535. The molecule has 29 heavy (non-hydrogen) atoms. The topological polar surface area (TPSA) is 57.9 Å². The van der Waals surface area contributed by atoms with Crippen LogP contribution in [0.15, 0.2) is 17.4 Å². The molecule has 1 aromatic heterocycles. The van der Waals surface area contributed by atoms with E-state index >= 15 is 0 Å². The maximum atomic E-state index is 5.58. The quantitative estimate of drug-likeness (QED) is 0.342. The molecule has 2 aliphatic heterocycles. The average Bonchev–Trinajstić information content (AvgIpc) is 3.38. The molecular weight excluding hydrogens is 479 g/mol. The van der Waals surface area contributed by atoms with Gasteiger partial charge in [-0.2, -0.15) is 5.10 Å². The number of nitrogens with zero attached hydrogens (tertiary/aromatic N) is 5. The Kier molecular flexibility index (Phi) is 10.2. The lowest BCUT2D eigenvalue weighted by atomic mass is 9.92. The monoisotopic (exact) mass is 518 g/mol. The van der Waals surface area contributed by atoms with Crippen LogP contribution in [0.3, 0.4) is 0 Å². The van der Waals surface area contributed by atoms with Gasteiger partial charge in [-0.05, 0) is 17.9 Å². The van der Waals surface area contributed by atoms with Crippen molar-refractivity contribution in [1.29, 1.82) is 0 Å². The van der Waals surface area contributed by atoms with Crippen molar-refractivity contribution in [2.75, 3.05) is 53.0 Å².